The standard InChI is InChI=1S/C24H35N5O5/c1-12(2)19(25)22(31)27-14(5)21(30)29-20(13(3)4)23(32)28-18(24(33)34)10-15-11-26-17-9-7-6-8-16(15)17/h6-9,11-14,18-20,26H,10,25H2,1-5H3,(H,27,31)(H,28,32)(H,29,30)(H,33,34). The van der Waals surface area contributed by atoms with E-state index in [1.807, 2.05) is 24.3 Å². The lowest BCUT2D eigenvalue weighted by molar-refractivity contribution is -0.142. The molecule has 0 aliphatic heterocycles. The maximum absolute atomic E-state index is 13.0. The van der Waals surface area contributed by atoms with Crippen molar-refractivity contribution < 1.29 is 24.3 Å². The largest absolute Gasteiger partial charge is 0.480 e. The quantitative estimate of drug-likeness (QED) is 0.284. The molecule has 0 aliphatic carbocycles. The number of nitrogens with two attached hydrogens (primary N) is 1. The number of aliphatic carboxylic acids is 1. The molecule has 1 aromatic carbocycles. The molecular weight excluding hydrogens is 438 g/mol. The van der Waals surface area contributed by atoms with Crippen molar-refractivity contribution in [1.82, 2.24) is 20.9 Å². The molecule has 2 rings (SSSR count). The van der Waals surface area contributed by atoms with Gasteiger partial charge in [-0.3, -0.25) is 14.4 Å². The predicted molar refractivity (Wildman–Crippen MR) is 129 cm³/mol. The lowest BCUT2D eigenvalue weighted by Gasteiger charge is -2.26. The third-order valence-corrected chi connectivity index (χ3v) is 5.73. The van der Waals surface area contributed by atoms with Crippen molar-refractivity contribution in [3.63, 3.8) is 0 Å². The van der Waals surface area contributed by atoms with Gasteiger partial charge in [0.25, 0.3) is 0 Å². The molecule has 1 heterocycles. The Kier molecular flexibility index (Phi) is 9.19. The first-order valence-corrected chi connectivity index (χ1v) is 11.4. The van der Waals surface area contributed by atoms with Crippen LogP contribution in [0.4, 0.5) is 0 Å². The molecule has 0 bridgehead atoms. The van der Waals surface area contributed by atoms with Gasteiger partial charge in [0.1, 0.15) is 18.1 Å². The van der Waals surface area contributed by atoms with Crippen molar-refractivity contribution in [2.24, 2.45) is 17.6 Å². The minimum Gasteiger partial charge on any atom is -0.480 e. The number of hydrogen-bond donors (Lipinski definition) is 6. The fraction of sp³-hybridized carbons (Fsp3) is 0.500. The molecule has 0 aliphatic rings. The number of amides is 3. The molecule has 10 nitrogen and oxygen atoms in total. The molecule has 0 spiro atoms. The summed E-state index contributed by atoms with van der Waals surface area (Å²) < 4.78 is 0. The summed E-state index contributed by atoms with van der Waals surface area (Å²) in [7, 11) is 0. The van der Waals surface area contributed by atoms with Crippen molar-refractivity contribution in [1.29, 1.82) is 0 Å². The van der Waals surface area contributed by atoms with Crippen LogP contribution in [0.2, 0.25) is 0 Å². The second-order valence-corrected chi connectivity index (χ2v) is 9.19. The summed E-state index contributed by atoms with van der Waals surface area (Å²) >= 11 is 0. The number of carbonyl (C=O) groups is 4. The fourth-order valence-electron chi connectivity index (χ4n) is 3.47. The van der Waals surface area contributed by atoms with Crippen LogP contribution in [0.25, 0.3) is 10.9 Å². The molecule has 0 radical (unpaired) electrons. The van der Waals surface area contributed by atoms with E-state index in [4.69, 9.17) is 5.73 Å². The number of rotatable bonds is 11. The van der Waals surface area contributed by atoms with Crippen LogP contribution in [0.5, 0.6) is 0 Å². The number of hydrogen-bond acceptors (Lipinski definition) is 5. The number of para-hydroxylation sites is 1. The summed E-state index contributed by atoms with van der Waals surface area (Å²) in [5.41, 5.74) is 7.44. The average Bonchev–Trinajstić information content (AvgIpc) is 3.18. The predicted octanol–water partition coefficient (Wildman–Crippen LogP) is 0.909. The molecule has 0 saturated heterocycles. The molecule has 186 valence electrons. The average molecular weight is 474 g/mol. The van der Waals surface area contributed by atoms with Gasteiger partial charge in [-0.15, -0.1) is 0 Å². The summed E-state index contributed by atoms with van der Waals surface area (Å²) in [6, 6.07) is 3.61. The summed E-state index contributed by atoms with van der Waals surface area (Å²) in [6.07, 6.45) is 1.80. The van der Waals surface area contributed by atoms with Gasteiger partial charge in [0, 0.05) is 23.5 Å². The zero-order valence-corrected chi connectivity index (χ0v) is 20.2. The van der Waals surface area contributed by atoms with Crippen LogP contribution in [0.3, 0.4) is 0 Å². The van der Waals surface area contributed by atoms with Crippen LogP contribution in [0.1, 0.15) is 40.2 Å². The molecule has 1 aromatic heterocycles. The van der Waals surface area contributed by atoms with Gasteiger partial charge in [-0.25, -0.2) is 4.79 Å². The molecular formula is C24H35N5O5. The first kappa shape index (κ1) is 26.8. The van der Waals surface area contributed by atoms with E-state index < -0.39 is 47.9 Å². The van der Waals surface area contributed by atoms with Crippen molar-refractivity contribution in [2.45, 2.75) is 65.2 Å². The number of carboxylic acid groups (broad SMARTS) is 1. The minimum atomic E-state index is -1.19. The van der Waals surface area contributed by atoms with Crippen molar-refractivity contribution in [3.05, 3.63) is 36.0 Å². The number of H-pyrrole nitrogens is 1. The smallest absolute Gasteiger partial charge is 0.326 e. The third-order valence-electron chi connectivity index (χ3n) is 5.73. The van der Waals surface area contributed by atoms with Crippen LogP contribution in [0.15, 0.2) is 30.5 Å². The van der Waals surface area contributed by atoms with E-state index in [1.165, 1.54) is 6.92 Å². The maximum Gasteiger partial charge on any atom is 0.326 e. The Morgan fingerprint density at radius 2 is 1.56 bits per heavy atom. The normalized spacial score (nSPS) is 14.9. The van der Waals surface area contributed by atoms with E-state index in [2.05, 4.69) is 20.9 Å². The number of nitrogens with one attached hydrogen (secondary N) is 4. The summed E-state index contributed by atoms with van der Waals surface area (Å²) in [4.78, 5) is 52.7. The highest BCUT2D eigenvalue weighted by Crippen LogP contribution is 2.19. The first-order valence-electron chi connectivity index (χ1n) is 11.4. The third kappa shape index (κ3) is 6.80. The molecule has 0 fully saturated rings. The molecule has 0 saturated carbocycles. The molecule has 10 heteroatoms. The van der Waals surface area contributed by atoms with Crippen LogP contribution >= 0.6 is 0 Å². The van der Waals surface area contributed by atoms with Crippen molar-refractivity contribution >= 4 is 34.6 Å². The van der Waals surface area contributed by atoms with E-state index in [1.54, 1.807) is 33.9 Å². The Morgan fingerprint density at radius 3 is 2.15 bits per heavy atom. The minimum absolute atomic E-state index is 0.0728. The number of aromatic nitrogens is 1. The number of carbonyl (C=O) groups excluding carboxylic acids is 3. The first-order chi connectivity index (χ1) is 15.9. The summed E-state index contributed by atoms with van der Waals surface area (Å²) in [6.45, 7) is 8.55. The van der Waals surface area contributed by atoms with Crippen molar-refractivity contribution in [2.75, 3.05) is 0 Å². The topological polar surface area (TPSA) is 166 Å². The van der Waals surface area contributed by atoms with Gasteiger partial charge in [0.2, 0.25) is 17.7 Å². The second-order valence-electron chi connectivity index (χ2n) is 9.19. The van der Waals surface area contributed by atoms with Crippen LogP contribution in [-0.4, -0.2) is 57.9 Å². The van der Waals surface area contributed by atoms with Crippen LogP contribution < -0.4 is 21.7 Å². The highest BCUT2D eigenvalue weighted by molar-refractivity contribution is 5.94. The summed E-state index contributed by atoms with van der Waals surface area (Å²) in [5.74, 6) is -3.26. The Morgan fingerprint density at radius 1 is 0.912 bits per heavy atom. The molecule has 3 amide bonds. The number of fused-ring (bicyclic) bond motifs is 1. The van der Waals surface area contributed by atoms with Gasteiger partial charge in [0.15, 0.2) is 0 Å². The molecule has 34 heavy (non-hydrogen) atoms. The van der Waals surface area contributed by atoms with E-state index >= 15 is 0 Å². The van der Waals surface area contributed by atoms with Gasteiger partial charge >= 0.3 is 5.97 Å². The maximum atomic E-state index is 13.0. The number of carboxylic acids is 1. The number of aromatic amines is 1. The Hall–Kier alpha value is -3.40. The van der Waals surface area contributed by atoms with Gasteiger partial charge in [-0.1, -0.05) is 45.9 Å². The summed E-state index contributed by atoms with van der Waals surface area (Å²) in [5, 5.41) is 18.3. The molecule has 4 atom stereocenters. The van der Waals surface area contributed by atoms with Crippen molar-refractivity contribution in [3.8, 4) is 0 Å². The zero-order chi connectivity index (χ0) is 25.6. The zero-order valence-electron chi connectivity index (χ0n) is 20.2. The van der Waals surface area contributed by atoms with Gasteiger partial charge in [-0.05, 0) is 30.4 Å². The van der Waals surface area contributed by atoms with Crippen LogP contribution in [-0.2, 0) is 25.6 Å². The van der Waals surface area contributed by atoms with Gasteiger partial charge in [0.05, 0.1) is 6.04 Å². The van der Waals surface area contributed by atoms with Gasteiger partial charge < -0.3 is 31.8 Å². The second kappa shape index (κ2) is 11.6. The highest BCUT2D eigenvalue weighted by Gasteiger charge is 2.31. The molecule has 2 aromatic rings. The van der Waals surface area contributed by atoms with E-state index in [-0.39, 0.29) is 18.3 Å². The van der Waals surface area contributed by atoms with Gasteiger partial charge in [-0.2, -0.15) is 0 Å². The van der Waals surface area contributed by atoms with E-state index in [0.29, 0.717) is 0 Å². The monoisotopic (exact) mass is 473 g/mol. The van der Waals surface area contributed by atoms with E-state index in [0.717, 1.165) is 16.5 Å². The SMILES string of the molecule is CC(NC(=O)C(N)C(C)C)C(=O)NC(C(=O)NC(Cc1c[nH]c2ccccc12)C(=O)O)C(C)C. The fourth-order valence-corrected chi connectivity index (χ4v) is 3.47. The van der Waals surface area contributed by atoms with Crippen LogP contribution in [0, 0.1) is 11.8 Å². The lowest BCUT2D eigenvalue weighted by Crippen LogP contribution is -2.58. The van der Waals surface area contributed by atoms with E-state index in [9.17, 15) is 24.3 Å². The highest BCUT2D eigenvalue weighted by atomic mass is 16.4. The Labute approximate surface area is 199 Å². The Balaban J connectivity index is 2.07. The Bertz CT molecular complexity index is 1030. The molecule has 7 N–H and O–H groups in total. The lowest BCUT2D eigenvalue weighted by atomic mass is 10.0. The number of benzene rings is 1. The molecule has 4 unspecified atom stereocenters.